The molecule has 1 aromatic rings. The third-order valence-corrected chi connectivity index (χ3v) is 3.21. The van der Waals surface area contributed by atoms with Crippen molar-refractivity contribution >= 4 is 17.6 Å². The van der Waals surface area contributed by atoms with Crippen LogP contribution in [0.5, 0.6) is 0 Å². The summed E-state index contributed by atoms with van der Waals surface area (Å²) in [7, 11) is 0. The lowest BCUT2D eigenvalue weighted by Gasteiger charge is -2.24. The minimum Gasteiger partial charge on any atom is -0.477 e. The van der Waals surface area contributed by atoms with Crippen molar-refractivity contribution in [1.82, 2.24) is 4.57 Å². The monoisotopic (exact) mass is 227 g/mol. The third-order valence-electron chi connectivity index (χ3n) is 3.00. The van der Waals surface area contributed by atoms with E-state index in [9.17, 15) is 4.79 Å². The Morgan fingerprint density at radius 2 is 2.07 bits per heavy atom. The lowest BCUT2D eigenvalue weighted by Crippen LogP contribution is -2.16. The molecule has 1 fully saturated rings. The molecule has 0 spiro atoms. The molecule has 0 saturated heterocycles. The van der Waals surface area contributed by atoms with Gasteiger partial charge in [0, 0.05) is 12.2 Å². The van der Waals surface area contributed by atoms with Crippen LogP contribution in [0.2, 0.25) is 5.02 Å². The number of nitrogens with zero attached hydrogens (tertiary/aromatic N) is 1. The van der Waals surface area contributed by atoms with Gasteiger partial charge in [-0.1, -0.05) is 30.9 Å². The topological polar surface area (TPSA) is 42.2 Å². The zero-order chi connectivity index (χ0) is 10.8. The molecule has 1 N–H and O–H groups in total. The molecule has 82 valence electrons. The van der Waals surface area contributed by atoms with E-state index in [1.165, 1.54) is 25.3 Å². The number of carboxylic acid groups (broad SMARTS) is 1. The zero-order valence-electron chi connectivity index (χ0n) is 8.45. The first-order valence-corrected chi connectivity index (χ1v) is 5.67. The lowest BCUT2D eigenvalue weighted by molar-refractivity contribution is 0.0681. The second-order valence-corrected chi connectivity index (χ2v) is 4.48. The Morgan fingerprint density at radius 3 is 2.67 bits per heavy atom. The average Bonchev–Trinajstić information content (AvgIpc) is 2.62. The van der Waals surface area contributed by atoms with E-state index in [-0.39, 0.29) is 0 Å². The number of rotatable bonds is 2. The number of carboxylic acids is 1. The molecule has 0 bridgehead atoms. The molecule has 1 aliphatic rings. The van der Waals surface area contributed by atoms with Crippen molar-refractivity contribution in [3.05, 3.63) is 23.0 Å². The van der Waals surface area contributed by atoms with Crippen molar-refractivity contribution in [1.29, 1.82) is 0 Å². The van der Waals surface area contributed by atoms with Crippen LogP contribution in [0.15, 0.2) is 12.3 Å². The van der Waals surface area contributed by atoms with Crippen LogP contribution >= 0.6 is 11.6 Å². The fourth-order valence-corrected chi connectivity index (χ4v) is 2.49. The maximum absolute atomic E-state index is 11.0. The highest BCUT2D eigenvalue weighted by Gasteiger charge is 2.20. The maximum Gasteiger partial charge on any atom is 0.352 e. The minimum absolute atomic E-state index is 0.312. The SMILES string of the molecule is O=C(O)c1cc(Cl)cn1C1CCCCC1. The summed E-state index contributed by atoms with van der Waals surface area (Å²) in [6.07, 6.45) is 7.48. The molecule has 0 aromatic carbocycles. The van der Waals surface area contributed by atoms with Gasteiger partial charge in [-0.15, -0.1) is 0 Å². The Hall–Kier alpha value is -0.960. The highest BCUT2D eigenvalue weighted by atomic mass is 35.5. The molecular weight excluding hydrogens is 214 g/mol. The smallest absolute Gasteiger partial charge is 0.352 e. The van der Waals surface area contributed by atoms with Crippen molar-refractivity contribution < 1.29 is 9.90 Å². The fourth-order valence-electron chi connectivity index (χ4n) is 2.28. The summed E-state index contributed by atoms with van der Waals surface area (Å²) in [5, 5.41) is 9.54. The second kappa shape index (κ2) is 4.27. The molecule has 0 aliphatic heterocycles. The Kier molecular flexibility index (Phi) is 3.00. The minimum atomic E-state index is -0.896. The van der Waals surface area contributed by atoms with Gasteiger partial charge in [-0.2, -0.15) is 0 Å². The summed E-state index contributed by atoms with van der Waals surface area (Å²) in [6, 6.07) is 1.84. The van der Waals surface area contributed by atoms with Crippen LogP contribution in [0.3, 0.4) is 0 Å². The number of halogens is 1. The molecule has 0 amide bonds. The van der Waals surface area contributed by atoms with Crippen molar-refractivity contribution in [3.8, 4) is 0 Å². The molecule has 4 heteroatoms. The number of aromatic carboxylic acids is 1. The maximum atomic E-state index is 11.0. The molecule has 1 aromatic heterocycles. The Labute approximate surface area is 93.7 Å². The molecule has 3 nitrogen and oxygen atoms in total. The summed E-state index contributed by atoms with van der Waals surface area (Å²) in [5.41, 5.74) is 0.312. The van der Waals surface area contributed by atoms with Gasteiger partial charge in [-0.25, -0.2) is 4.79 Å². The fraction of sp³-hybridized carbons (Fsp3) is 0.545. The van der Waals surface area contributed by atoms with Gasteiger partial charge in [0.1, 0.15) is 5.69 Å². The molecule has 2 rings (SSSR count). The molecule has 1 aliphatic carbocycles. The van der Waals surface area contributed by atoms with Gasteiger partial charge in [0.05, 0.1) is 5.02 Å². The Bertz CT molecular complexity index is 367. The normalized spacial score (nSPS) is 17.9. The van der Waals surface area contributed by atoms with Crippen molar-refractivity contribution in [2.75, 3.05) is 0 Å². The summed E-state index contributed by atoms with van der Waals surface area (Å²) in [5.74, 6) is -0.896. The second-order valence-electron chi connectivity index (χ2n) is 4.05. The molecule has 1 heterocycles. The van der Waals surface area contributed by atoms with E-state index >= 15 is 0 Å². The predicted molar refractivity (Wildman–Crippen MR) is 58.5 cm³/mol. The van der Waals surface area contributed by atoms with Crippen LogP contribution in [0, 0.1) is 0 Å². The van der Waals surface area contributed by atoms with E-state index in [0.717, 1.165) is 12.8 Å². The summed E-state index contributed by atoms with van der Waals surface area (Å²) in [6.45, 7) is 0. The first-order valence-electron chi connectivity index (χ1n) is 5.29. The quantitative estimate of drug-likeness (QED) is 0.842. The van der Waals surface area contributed by atoms with Gasteiger partial charge in [-0.05, 0) is 18.9 Å². The standard InChI is InChI=1S/C11H14ClNO2/c12-8-6-10(11(14)15)13(7-8)9-4-2-1-3-5-9/h6-7,9H,1-5H2,(H,14,15). The van der Waals surface area contributed by atoms with Crippen LogP contribution in [0.1, 0.15) is 48.6 Å². The first kappa shape index (κ1) is 10.6. The van der Waals surface area contributed by atoms with E-state index in [2.05, 4.69) is 0 Å². The third kappa shape index (κ3) is 2.17. The van der Waals surface area contributed by atoms with Crippen molar-refractivity contribution in [2.45, 2.75) is 38.1 Å². The largest absolute Gasteiger partial charge is 0.477 e. The van der Waals surface area contributed by atoms with Crippen molar-refractivity contribution in [2.24, 2.45) is 0 Å². The van der Waals surface area contributed by atoms with Crippen LogP contribution in [-0.2, 0) is 0 Å². The van der Waals surface area contributed by atoms with Crippen LogP contribution in [-0.4, -0.2) is 15.6 Å². The van der Waals surface area contributed by atoms with E-state index < -0.39 is 5.97 Å². The molecule has 0 atom stereocenters. The molecule has 15 heavy (non-hydrogen) atoms. The predicted octanol–water partition coefficient (Wildman–Crippen LogP) is 3.34. The van der Waals surface area contributed by atoms with Gasteiger partial charge >= 0.3 is 5.97 Å². The van der Waals surface area contributed by atoms with Crippen LogP contribution < -0.4 is 0 Å². The highest BCUT2D eigenvalue weighted by Crippen LogP contribution is 2.31. The van der Waals surface area contributed by atoms with E-state index in [0.29, 0.717) is 16.8 Å². The zero-order valence-corrected chi connectivity index (χ0v) is 9.20. The van der Waals surface area contributed by atoms with Gasteiger partial charge < -0.3 is 9.67 Å². The Morgan fingerprint density at radius 1 is 1.40 bits per heavy atom. The molecule has 1 saturated carbocycles. The highest BCUT2D eigenvalue weighted by molar-refractivity contribution is 6.30. The number of hydrogen-bond donors (Lipinski definition) is 1. The molecule has 0 radical (unpaired) electrons. The summed E-state index contributed by atoms with van der Waals surface area (Å²) < 4.78 is 1.82. The van der Waals surface area contributed by atoms with Crippen molar-refractivity contribution in [3.63, 3.8) is 0 Å². The van der Waals surface area contributed by atoms with E-state index in [4.69, 9.17) is 16.7 Å². The van der Waals surface area contributed by atoms with E-state index in [1.807, 2.05) is 4.57 Å². The Balaban J connectivity index is 2.28. The average molecular weight is 228 g/mol. The van der Waals surface area contributed by atoms with E-state index in [1.54, 1.807) is 6.20 Å². The molecular formula is C11H14ClNO2. The summed E-state index contributed by atoms with van der Waals surface area (Å²) in [4.78, 5) is 11.0. The number of hydrogen-bond acceptors (Lipinski definition) is 1. The lowest BCUT2D eigenvalue weighted by atomic mass is 9.95. The summed E-state index contributed by atoms with van der Waals surface area (Å²) >= 11 is 5.84. The number of aromatic nitrogens is 1. The van der Waals surface area contributed by atoms with Gasteiger partial charge in [-0.3, -0.25) is 0 Å². The van der Waals surface area contributed by atoms with Gasteiger partial charge in [0.15, 0.2) is 0 Å². The van der Waals surface area contributed by atoms with Crippen LogP contribution in [0.25, 0.3) is 0 Å². The molecule has 0 unspecified atom stereocenters. The first-order chi connectivity index (χ1) is 7.18. The van der Waals surface area contributed by atoms with Gasteiger partial charge in [0.25, 0.3) is 0 Å². The van der Waals surface area contributed by atoms with Crippen LogP contribution in [0.4, 0.5) is 0 Å². The number of carbonyl (C=O) groups is 1. The van der Waals surface area contributed by atoms with Gasteiger partial charge in [0.2, 0.25) is 0 Å².